The van der Waals surface area contributed by atoms with E-state index in [0.29, 0.717) is 11.7 Å². The highest BCUT2D eigenvalue weighted by Crippen LogP contribution is 2.57. The maximum absolute atomic E-state index is 12.5. The van der Waals surface area contributed by atoms with Crippen LogP contribution in [0.25, 0.3) is 0 Å². The van der Waals surface area contributed by atoms with E-state index in [1.807, 2.05) is 0 Å². The van der Waals surface area contributed by atoms with Gasteiger partial charge in [0.1, 0.15) is 10.7 Å². The van der Waals surface area contributed by atoms with Crippen molar-refractivity contribution in [2.45, 2.75) is 67.8 Å². The number of aromatic nitrogens is 1. The SMILES string of the molecule is N[C@H](C(=O)Nc1ccc(S(=O)(=O)NC23CC(C2)C3)cn1)C1CCCCC1. The molecule has 1 aromatic rings. The standard InChI is InChI=1S/C18H26N4O3S/c19-16(13-4-2-1-3-5-13)17(23)21-15-7-6-14(11-20-15)26(24,25)22-18-8-12(9-18)10-18/h6-7,11-13,16,22H,1-5,8-10,19H2,(H,20,21,23)/t12?,16-,18?/m0/s1. The van der Waals surface area contributed by atoms with Crippen molar-refractivity contribution >= 4 is 21.7 Å². The summed E-state index contributed by atoms with van der Waals surface area (Å²) in [5.74, 6) is 0.972. The third kappa shape index (κ3) is 3.37. The van der Waals surface area contributed by atoms with E-state index < -0.39 is 16.1 Å². The molecule has 0 spiro atoms. The van der Waals surface area contributed by atoms with Gasteiger partial charge in [-0.15, -0.1) is 0 Å². The Morgan fingerprint density at radius 1 is 1.19 bits per heavy atom. The van der Waals surface area contributed by atoms with Crippen LogP contribution >= 0.6 is 0 Å². The zero-order valence-corrected chi connectivity index (χ0v) is 15.6. The first-order chi connectivity index (χ1) is 12.4. The number of anilines is 1. The molecule has 0 radical (unpaired) electrons. The average Bonchev–Trinajstić information content (AvgIpc) is 2.58. The fourth-order valence-electron chi connectivity index (χ4n) is 4.48. The third-order valence-corrected chi connectivity index (χ3v) is 7.71. The monoisotopic (exact) mass is 378 g/mol. The minimum atomic E-state index is -3.57. The van der Waals surface area contributed by atoms with Crippen LogP contribution in [0.3, 0.4) is 0 Å². The first kappa shape index (κ1) is 17.9. The molecule has 8 heteroatoms. The van der Waals surface area contributed by atoms with Crippen molar-refractivity contribution in [3.63, 3.8) is 0 Å². The Kier molecular flexibility index (Phi) is 4.53. The third-order valence-electron chi connectivity index (χ3n) is 6.15. The molecule has 0 unspecified atom stereocenters. The predicted molar refractivity (Wildman–Crippen MR) is 97.8 cm³/mol. The molecule has 0 aromatic carbocycles. The van der Waals surface area contributed by atoms with Crippen LogP contribution in [-0.2, 0) is 14.8 Å². The van der Waals surface area contributed by atoms with Crippen LogP contribution in [0.1, 0.15) is 51.4 Å². The van der Waals surface area contributed by atoms with E-state index >= 15 is 0 Å². The molecule has 0 aliphatic heterocycles. The van der Waals surface area contributed by atoms with Gasteiger partial charge in [-0.05, 0) is 56.1 Å². The Morgan fingerprint density at radius 3 is 2.42 bits per heavy atom. The van der Waals surface area contributed by atoms with Crippen LogP contribution in [-0.4, -0.2) is 30.9 Å². The molecule has 4 N–H and O–H groups in total. The number of rotatable bonds is 6. The lowest BCUT2D eigenvalue weighted by Crippen LogP contribution is -2.67. The molecular formula is C18H26N4O3S. The van der Waals surface area contributed by atoms with Gasteiger partial charge in [-0.25, -0.2) is 18.1 Å². The molecule has 4 aliphatic carbocycles. The summed E-state index contributed by atoms with van der Waals surface area (Å²) >= 11 is 0. The number of amides is 1. The van der Waals surface area contributed by atoms with Crippen molar-refractivity contribution in [1.82, 2.24) is 9.71 Å². The summed E-state index contributed by atoms with van der Waals surface area (Å²) in [4.78, 5) is 16.5. The number of hydrogen-bond acceptors (Lipinski definition) is 5. The molecule has 7 nitrogen and oxygen atoms in total. The molecule has 4 fully saturated rings. The summed E-state index contributed by atoms with van der Waals surface area (Å²) < 4.78 is 27.7. The van der Waals surface area contributed by atoms with E-state index in [1.165, 1.54) is 24.8 Å². The Labute approximate surface area is 154 Å². The molecule has 4 saturated carbocycles. The van der Waals surface area contributed by atoms with E-state index in [2.05, 4.69) is 15.0 Å². The lowest BCUT2D eigenvalue weighted by atomic mass is 9.50. The largest absolute Gasteiger partial charge is 0.320 e. The maximum atomic E-state index is 12.5. The summed E-state index contributed by atoms with van der Waals surface area (Å²) in [6.45, 7) is 0. The molecule has 1 amide bonds. The zero-order valence-electron chi connectivity index (χ0n) is 14.8. The van der Waals surface area contributed by atoms with Gasteiger partial charge < -0.3 is 11.1 Å². The fourth-order valence-corrected chi connectivity index (χ4v) is 5.85. The van der Waals surface area contributed by atoms with E-state index in [1.54, 1.807) is 0 Å². The Morgan fingerprint density at radius 2 is 1.88 bits per heavy atom. The van der Waals surface area contributed by atoms with Crippen molar-refractivity contribution in [2.75, 3.05) is 5.32 Å². The second-order valence-electron chi connectivity index (χ2n) is 8.16. The number of nitrogens with zero attached hydrogens (tertiary/aromatic N) is 1. The van der Waals surface area contributed by atoms with Crippen molar-refractivity contribution in [3.8, 4) is 0 Å². The van der Waals surface area contributed by atoms with Crippen molar-refractivity contribution in [3.05, 3.63) is 18.3 Å². The first-order valence-electron chi connectivity index (χ1n) is 9.43. The fraction of sp³-hybridized carbons (Fsp3) is 0.667. The van der Waals surface area contributed by atoms with Gasteiger partial charge in [0, 0.05) is 11.7 Å². The molecule has 0 saturated heterocycles. The van der Waals surface area contributed by atoms with Gasteiger partial charge in [-0.1, -0.05) is 19.3 Å². The number of carbonyl (C=O) groups excluding carboxylic acids is 1. The molecule has 26 heavy (non-hydrogen) atoms. The van der Waals surface area contributed by atoms with Crippen molar-refractivity contribution < 1.29 is 13.2 Å². The Balaban J connectivity index is 1.37. The lowest BCUT2D eigenvalue weighted by molar-refractivity contribution is -0.118. The topological polar surface area (TPSA) is 114 Å². The molecule has 1 heterocycles. The first-order valence-corrected chi connectivity index (χ1v) is 10.9. The van der Waals surface area contributed by atoms with E-state index in [0.717, 1.165) is 44.9 Å². The molecule has 4 aliphatic rings. The van der Waals surface area contributed by atoms with Gasteiger partial charge in [0.05, 0.1) is 6.04 Å². The number of nitrogens with one attached hydrogen (secondary N) is 2. The van der Waals surface area contributed by atoms with Crippen LogP contribution in [0.2, 0.25) is 0 Å². The quantitative estimate of drug-likeness (QED) is 0.698. The van der Waals surface area contributed by atoms with E-state index in [9.17, 15) is 13.2 Å². The number of pyridine rings is 1. The van der Waals surface area contributed by atoms with Crippen LogP contribution in [0, 0.1) is 11.8 Å². The Hall–Kier alpha value is -1.51. The van der Waals surface area contributed by atoms with Crippen LogP contribution in [0.4, 0.5) is 5.82 Å². The number of carbonyl (C=O) groups is 1. The summed E-state index contributed by atoms with van der Waals surface area (Å²) in [7, 11) is -3.57. The number of sulfonamides is 1. The molecule has 1 atom stereocenters. The van der Waals surface area contributed by atoms with Crippen LogP contribution in [0.15, 0.2) is 23.2 Å². The Bertz CT molecular complexity index is 770. The highest BCUT2D eigenvalue weighted by molar-refractivity contribution is 7.89. The highest BCUT2D eigenvalue weighted by atomic mass is 32.2. The van der Waals surface area contributed by atoms with Gasteiger partial charge in [0.25, 0.3) is 0 Å². The number of nitrogens with two attached hydrogens (primary N) is 1. The molecule has 1 aromatic heterocycles. The van der Waals surface area contributed by atoms with Gasteiger partial charge >= 0.3 is 0 Å². The van der Waals surface area contributed by atoms with E-state index in [-0.39, 0.29) is 22.3 Å². The zero-order chi connectivity index (χ0) is 18.4. The van der Waals surface area contributed by atoms with Crippen molar-refractivity contribution in [1.29, 1.82) is 0 Å². The molecular weight excluding hydrogens is 352 g/mol. The summed E-state index contributed by atoms with van der Waals surface area (Å²) in [6, 6.07) is 2.44. The normalized spacial score (nSPS) is 29.3. The average molecular weight is 378 g/mol. The van der Waals surface area contributed by atoms with E-state index in [4.69, 9.17) is 5.73 Å². The number of hydrogen-bond donors (Lipinski definition) is 3. The molecule has 142 valence electrons. The summed E-state index contributed by atoms with van der Waals surface area (Å²) in [5.41, 5.74) is 5.87. The summed E-state index contributed by atoms with van der Waals surface area (Å²) in [6.07, 6.45) is 9.50. The van der Waals surface area contributed by atoms with Crippen LogP contribution < -0.4 is 15.8 Å². The van der Waals surface area contributed by atoms with Gasteiger partial charge in [0.15, 0.2) is 0 Å². The summed E-state index contributed by atoms with van der Waals surface area (Å²) in [5, 5.41) is 2.71. The van der Waals surface area contributed by atoms with Gasteiger partial charge in [-0.3, -0.25) is 4.79 Å². The predicted octanol–water partition coefficient (Wildman–Crippen LogP) is 1.76. The second kappa shape index (κ2) is 6.58. The molecule has 2 bridgehead atoms. The maximum Gasteiger partial charge on any atom is 0.242 e. The molecule has 5 rings (SSSR count). The second-order valence-corrected chi connectivity index (χ2v) is 9.84. The lowest BCUT2D eigenvalue weighted by Gasteiger charge is -2.61. The van der Waals surface area contributed by atoms with Gasteiger partial charge in [-0.2, -0.15) is 0 Å². The van der Waals surface area contributed by atoms with Crippen molar-refractivity contribution in [2.24, 2.45) is 17.6 Å². The minimum absolute atomic E-state index is 0.122. The highest BCUT2D eigenvalue weighted by Gasteiger charge is 2.58. The van der Waals surface area contributed by atoms with Crippen LogP contribution in [0.5, 0.6) is 0 Å². The minimum Gasteiger partial charge on any atom is -0.320 e. The van der Waals surface area contributed by atoms with Gasteiger partial charge in [0.2, 0.25) is 15.9 Å². The smallest absolute Gasteiger partial charge is 0.242 e.